The Bertz CT molecular complexity index is 717. The Balaban J connectivity index is 1.47. The predicted octanol–water partition coefficient (Wildman–Crippen LogP) is 4.80. The molecule has 138 valence electrons. The second-order valence-electron chi connectivity index (χ2n) is 7.44. The zero-order chi connectivity index (χ0) is 18.5. The third-order valence-corrected chi connectivity index (χ3v) is 5.12. The van der Waals surface area contributed by atoms with Crippen molar-refractivity contribution in [2.45, 2.75) is 39.2 Å². The van der Waals surface area contributed by atoms with Crippen LogP contribution < -0.4 is 5.32 Å². The number of nitrogens with zero attached hydrogens (tertiary/aromatic N) is 1. The zero-order valence-electron chi connectivity index (χ0n) is 15.5. The molecule has 0 spiro atoms. The Kier molecular flexibility index (Phi) is 6.04. The van der Waals surface area contributed by atoms with Crippen LogP contribution in [0.2, 0.25) is 0 Å². The normalized spacial score (nSPS) is 16.0. The molecular formula is C22H27FN2O. The minimum atomic E-state index is -0.203. The van der Waals surface area contributed by atoms with Crippen LogP contribution in [-0.2, 0) is 11.3 Å². The molecule has 0 atom stereocenters. The minimum absolute atomic E-state index is 0.0595. The molecule has 0 aromatic heterocycles. The summed E-state index contributed by atoms with van der Waals surface area (Å²) in [6.07, 6.45) is 1.72. The molecule has 1 aliphatic heterocycles. The molecule has 1 saturated heterocycles. The summed E-state index contributed by atoms with van der Waals surface area (Å²) in [4.78, 5) is 14.8. The molecule has 2 aromatic carbocycles. The summed E-state index contributed by atoms with van der Waals surface area (Å²) < 4.78 is 13.0. The summed E-state index contributed by atoms with van der Waals surface area (Å²) in [5.74, 6) is 0.462. The number of benzene rings is 2. The molecule has 1 aliphatic rings. The Morgan fingerprint density at radius 3 is 2.27 bits per heavy atom. The second-order valence-corrected chi connectivity index (χ2v) is 7.44. The van der Waals surface area contributed by atoms with E-state index in [1.807, 2.05) is 24.3 Å². The van der Waals surface area contributed by atoms with Crippen LogP contribution in [-0.4, -0.2) is 23.9 Å². The van der Waals surface area contributed by atoms with E-state index in [1.54, 1.807) is 0 Å². The highest BCUT2D eigenvalue weighted by atomic mass is 19.1. The summed E-state index contributed by atoms with van der Waals surface area (Å²) in [5.41, 5.74) is 3.25. The van der Waals surface area contributed by atoms with E-state index >= 15 is 0 Å². The largest absolute Gasteiger partial charge is 0.326 e. The molecule has 0 radical (unpaired) electrons. The Labute approximate surface area is 155 Å². The molecule has 2 aromatic rings. The fraction of sp³-hybridized carbons (Fsp3) is 0.409. The highest BCUT2D eigenvalue weighted by Crippen LogP contribution is 2.22. The molecule has 0 saturated carbocycles. The smallest absolute Gasteiger partial charge is 0.227 e. The zero-order valence-corrected chi connectivity index (χ0v) is 15.5. The number of amides is 1. The average molecular weight is 354 g/mol. The molecule has 0 unspecified atom stereocenters. The minimum Gasteiger partial charge on any atom is -0.326 e. The molecule has 1 fully saturated rings. The monoisotopic (exact) mass is 354 g/mol. The molecule has 3 nitrogen and oxygen atoms in total. The lowest BCUT2D eigenvalue weighted by Gasteiger charge is -2.31. The van der Waals surface area contributed by atoms with Crippen LogP contribution in [0, 0.1) is 11.7 Å². The van der Waals surface area contributed by atoms with E-state index in [0.717, 1.165) is 43.7 Å². The number of nitrogens with one attached hydrogen (secondary N) is 1. The number of likely N-dealkylation sites (tertiary alicyclic amines) is 1. The van der Waals surface area contributed by atoms with Gasteiger partial charge in [0.15, 0.2) is 0 Å². The Hall–Kier alpha value is -2.20. The van der Waals surface area contributed by atoms with Crippen LogP contribution in [0.3, 0.4) is 0 Å². The predicted molar refractivity (Wildman–Crippen MR) is 104 cm³/mol. The lowest BCUT2D eigenvalue weighted by atomic mass is 9.95. The third-order valence-electron chi connectivity index (χ3n) is 5.12. The van der Waals surface area contributed by atoms with Gasteiger partial charge in [-0.2, -0.15) is 0 Å². The Morgan fingerprint density at radius 1 is 1.08 bits per heavy atom. The van der Waals surface area contributed by atoms with E-state index < -0.39 is 0 Å². The van der Waals surface area contributed by atoms with Gasteiger partial charge in [-0.05, 0) is 67.2 Å². The van der Waals surface area contributed by atoms with Crippen molar-refractivity contribution in [2.24, 2.45) is 5.92 Å². The summed E-state index contributed by atoms with van der Waals surface area (Å²) in [5, 5.41) is 3.05. The van der Waals surface area contributed by atoms with Gasteiger partial charge in [-0.1, -0.05) is 38.1 Å². The lowest BCUT2D eigenvalue weighted by molar-refractivity contribution is -0.121. The quantitative estimate of drug-likeness (QED) is 0.836. The highest BCUT2D eigenvalue weighted by Gasteiger charge is 2.25. The molecule has 1 N–H and O–H groups in total. The molecular weight excluding hydrogens is 327 g/mol. The number of hydrogen-bond acceptors (Lipinski definition) is 2. The average Bonchev–Trinajstić information content (AvgIpc) is 2.64. The van der Waals surface area contributed by atoms with Crippen molar-refractivity contribution in [1.29, 1.82) is 0 Å². The number of carbonyl (C=O) groups excluding carboxylic acids is 1. The SMILES string of the molecule is CC(C)c1ccc(NC(=O)C2CCN(Cc3ccc(F)cc3)CC2)cc1. The van der Waals surface area contributed by atoms with Gasteiger partial charge in [-0.15, -0.1) is 0 Å². The molecule has 26 heavy (non-hydrogen) atoms. The van der Waals surface area contributed by atoms with Gasteiger partial charge in [0.1, 0.15) is 5.82 Å². The molecule has 0 aliphatic carbocycles. The van der Waals surface area contributed by atoms with Crippen LogP contribution in [0.5, 0.6) is 0 Å². The van der Waals surface area contributed by atoms with Gasteiger partial charge in [0.2, 0.25) is 5.91 Å². The fourth-order valence-corrected chi connectivity index (χ4v) is 3.40. The number of halogens is 1. The fourth-order valence-electron chi connectivity index (χ4n) is 3.40. The van der Waals surface area contributed by atoms with Gasteiger partial charge < -0.3 is 5.32 Å². The lowest BCUT2D eigenvalue weighted by Crippen LogP contribution is -2.37. The summed E-state index contributed by atoms with van der Waals surface area (Å²) >= 11 is 0. The van der Waals surface area contributed by atoms with Crippen LogP contribution in [0.15, 0.2) is 48.5 Å². The maximum atomic E-state index is 13.0. The van der Waals surface area contributed by atoms with Crippen LogP contribution in [0.4, 0.5) is 10.1 Å². The summed E-state index contributed by atoms with van der Waals surface area (Å²) in [6, 6.07) is 14.8. The Morgan fingerprint density at radius 2 is 1.69 bits per heavy atom. The van der Waals surface area contributed by atoms with Gasteiger partial charge in [-0.25, -0.2) is 4.39 Å². The van der Waals surface area contributed by atoms with E-state index in [1.165, 1.54) is 17.7 Å². The van der Waals surface area contributed by atoms with Crippen molar-refractivity contribution in [3.05, 3.63) is 65.5 Å². The number of piperidine rings is 1. The topological polar surface area (TPSA) is 32.3 Å². The summed E-state index contributed by atoms with van der Waals surface area (Å²) in [7, 11) is 0. The van der Waals surface area contributed by atoms with Crippen molar-refractivity contribution in [3.8, 4) is 0 Å². The van der Waals surface area contributed by atoms with Crippen LogP contribution in [0.1, 0.15) is 43.7 Å². The first-order valence-corrected chi connectivity index (χ1v) is 9.39. The number of rotatable bonds is 5. The van der Waals surface area contributed by atoms with Gasteiger partial charge in [-0.3, -0.25) is 9.69 Å². The maximum Gasteiger partial charge on any atom is 0.227 e. The van der Waals surface area contributed by atoms with E-state index in [0.29, 0.717) is 5.92 Å². The van der Waals surface area contributed by atoms with Crippen LogP contribution in [0.25, 0.3) is 0 Å². The van der Waals surface area contributed by atoms with Gasteiger partial charge in [0, 0.05) is 18.2 Å². The standard InChI is InChI=1S/C22H27FN2O/c1-16(2)18-5-9-21(10-6-18)24-22(26)19-11-13-25(14-12-19)15-17-3-7-20(23)8-4-17/h3-10,16,19H,11-15H2,1-2H3,(H,24,26). The number of carbonyl (C=O) groups is 1. The van der Waals surface area contributed by atoms with Crippen molar-refractivity contribution in [2.75, 3.05) is 18.4 Å². The van der Waals surface area contributed by atoms with E-state index in [9.17, 15) is 9.18 Å². The third kappa shape index (κ3) is 4.92. The van der Waals surface area contributed by atoms with E-state index in [2.05, 4.69) is 36.2 Å². The van der Waals surface area contributed by atoms with E-state index in [4.69, 9.17) is 0 Å². The molecule has 0 bridgehead atoms. The number of anilines is 1. The van der Waals surface area contributed by atoms with Gasteiger partial charge in [0.05, 0.1) is 0 Å². The first-order chi connectivity index (χ1) is 12.5. The first kappa shape index (κ1) is 18.6. The maximum absolute atomic E-state index is 13.0. The van der Waals surface area contributed by atoms with E-state index in [-0.39, 0.29) is 17.6 Å². The second kappa shape index (κ2) is 8.45. The van der Waals surface area contributed by atoms with Gasteiger partial charge >= 0.3 is 0 Å². The molecule has 3 rings (SSSR count). The van der Waals surface area contributed by atoms with Crippen molar-refractivity contribution in [3.63, 3.8) is 0 Å². The van der Waals surface area contributed by atoms with Crippen molar-refractivity contribution >= 4 is 11.6 Å². The van der Waals surface area contributed by atoms with Crippen LogP contribution >= 0.6 is 0 Å². The van der Waals surface area contributed by atoms with Crippen molar-refractivity contribution in [1.82, 2.24) is 4.90 Å². The summed E-state index contributed by atoms with van der Waals surface area (Å²) in [6.45, 7) is 6.91. The number of hydrogen-bond donors (Lipinski definition) is 1. The molecule has 1 amide bonds. The molecule has 4 heteroatoms. The first-order valence-electron chi connectivity index (χ1n) is 9.39. The van der Waals surface area contributed by atoms with Gasteiger partial charge in [0.25, 0.3) is 0 Å². The molecule has 1 heterocycles. The van der Waals surface area contributed by atoms with Crippen molar-refractivity contribution < 1.29 is 9.18 Å². The highest BCUT2D eigenvalue weighted by molar-refractivity contribution is 5.92.